The van der Waals surface area contributed by atoms with E-state index in [-0.39, 0.29) is 5.13 Å². The van der Waals surface area contributed by atoms with Crippen molar-refractivity contribution >= 4 is 28.3 Å². The van der Waals surface area contributed by atoms with Crippen molar-refractivity contribution in [2.24, 2.45) is 0 Å². The molecule has 0 aliphatic heterocycles. The van der Waals surface area contributed by atoms with E-state index in [4.69, 9.17) is 4.74 Å². The van der Waals surface area contributed by atoms with Gasteiger partial charge in [-0.25, -0.2) is 13.8 Å². The summed E-state index contributed by atoms with van der Waals surface area (Å²) in [5, 5.41) is 5.97. The molecule has 0 aliphatic carbocycles. The van der Waals surface area contributed by atoms with Gasteiger partial charge in [-0.05, 0) is 74.5 Å². The molecule has 178 valence electrons. The van der Waals surface area contributed by atoms with Gasteiger partial charge < -0.3 is 10.1 Å². The standard InChI is InChI=1S/C26H21F2N3O3S/c1-26(2,31-22(32)17-6-4-3-5-7-17)24(33)30-25-29-21(16-8-10-18(27)11-9-16)23(35-25)34-20-14-12-19(28)13-15-20/h3-15H,1-2H3,(H,31,32)(H,29,30,33). The van der Waals surface area contributed by atoms with E-state index in [1.807, 2.05) is 0 Å². The molecule has 0 saturated carbocycles. The highest BCUT2D eigenvalue weighted by molar-refractivity contribution is 7.18. The molecule has 4 rings (SSSR count). The molecule has 0 bridgehead atoms. The smallest absolute Gasteiger partial charge is 0.252 e. The Labute approximate surface area is 204 Å². The Hall–Kier alpha value is -4.11. The third-order valence-corrected chi connectivity index (χ3v) is 5.84. The number of hydrogen-bond donors (Lipinski definition) is 2. The van der Waals surface area contributed by atoms with Crippen LogP contribution in [-0.4, -0.2) is 22.3 Å². The molecule has 1 aromatic heterocycles. The number of thiazole rings is 1. The quantitative estimate of drug-likeness (QED) is 0.330. The number of rotatable bonds is 7. The van der Waals surface area contributed by atoms with E-state index in [9.17, 15) is 18.4 Å². The lowest BCUT2D eigenvalue weighted by atomic mass is 10.0. The molecule has 3 aromatic carbocycles. The SMILES string of the molecule is CC(C)(NC(=O)c1ccccc1)C(=O)Nc1nc(-c2ccc(F)cc2)c(Oc2ccc(F)cc2)s1. The third-order valence-electron chi connectivity index (χ3n) is 4.99. The molecule has 1 heterocycles. The largest absolute Gasteiger partial charge is 0.444 e. The van der Waals surface area contributed by atoms with E-state index in [0.717, 1.165) is 11.3 Å². The molecule has 0 spiro atoms. The van der Waals surface area contributed by atoms with E-state index in [2.05, 4.69) is 15.6 Å². The van der Waals surface area contributed by atoms with Gasteiger partial charge in [0.2, 0.25) is 5.06 Å². The molecule has 0 radical (unpaired) electrons. The van der Waals surface area contributed by atoms with Crippen LogP contribution in [0.2, 0.25) is 0 Å². The van der Waals surface area contributed by atoms with Crippen molar-refractivity contribution in [1.82, 2.24) is 10.3 Å². The Bertz CT molecular complexity index is 1340. The number of amides is 2. The van der Waals surface area contributed by atoms with Gasteiger partial charge in [0, 0.05) is 11.1 Å². The number of aromatic nitrogens is 1. The molecule has 2 amide bonds. The summed E-state index contributed by atoms with van der Waals surface area (Å²) in [5.41, 5.74) is 0.112. The number of carbonyl (C=O) groups is 2. The molecule has 4 aromatic rings. The van der Waals surface area contributed by atoms with Gasteiger partial charge in [-0.15, -0.1) is 0 Å². The Morgan fingerprint density at radius 2 is 1.49 bits per heavy atom. The van der Waals surface area contributed by atoms with Crippen LogP contribution in [0.15, 0.2) is 78.9 Å². The summed E-state index contributed by atoms with van der Waals surface area (Å²) in [4.78, 5) is 30.0. The maximum absolute atomic E-state index is 13.4. The monoisotopic (exact) mass is 493 g/mol. The first-order valence-corrected chi connectivity index (χ1v) is 11.4. The first-order valence-electron chi connectivity index (χ1n) is 10.6. The third kappa shape index (κ3) is 5.88. The number of nitrogens with one attached hydrogen (secondary N) is 2. The lowest BCUT2D eigenvalue weighted by molar-refractivity contribution is -0.120. The van der Waals surface area contributed by atoms with Crippen molar-refractivity contribution in [3.8, 4) is 22.1 Å². The van der Waals surface area contributed by atoms with Crippen LogP contribution < -0.4 is 15.4 Å². The van der Waals surface area contributed by atoms with E-state index < -0.39 is 29.0 Å². The van der Waals surface area contributed by atoms with Crippen LogP contribution in [0.4, 0.5) is 13.9 Å². The maximum Gasteiger partial charge on any atom is 0.252 e. The first kappa shape index (κ1) is 24.0. The highest BCUT2D eigenvalue weighted by Gasteiger charge is 2.31. The first-order chi connectivity index (χ1) is 16.7. The number of halogens is 2. The fraction of sp³-hybridized carbons (Fsp3) is 0.115. The minimum absolute atomic E-state index is 0.216. The van der Waals surface area contributed by atoms with Crippen molar-refractivity contribution in [3.63, 3.8) is 0 Å². The van der Waals surface area contributed by atoms with Crippen LogP contribution in [0.5, 0.6) is 10.8 Å². The van der Waals surface area contributed by atoms with Crippen LogP contribution in [0.25, 0.3) is 11.3 Å². The van der Waals surface area contributed by atoms with Crippen molar-refractivity contribution < 1.29 is 23.1 Å². The predicted octanol–water partition coefficient (Wildman–Crippen LogP) is 6.03. The number of anilines is 1. The van der Waals surface area contributed by atoms with E-state index in [0.29, 0.717) is 27.6 Å². The summed E-state index contributed by atoms with van der Waals surface area (Å²) < 4.78 is 32.6. The lowest BCUT2D eigenvalue weighted by Crippen LogP contribution is -2.52. The molecule has 0 atom stereocenters. The van der Waals surface area contributed by atoms with Gasteiger partial charge in [0.05, 0.1) is 0 Å². The van der Waals surface area contributed by atoms with Crippen molar-refractivity contribution in [2.45, 2.75) is 19.4 Å². The van der Waals surface area contributed by atoms with E-state index in [1.54, 1.807) is 44.2 Å². The highest BCUT2D eigenvalue weighted by Crippen LogP contribution is 2.40. The molecule has 35 heavy (non-hydrogen) atoms. The minimum atomic E-state index is -1.26. The van der Waals surface area contributed by atoms with Gasteiger partial charge in [0.15, 0.2) is 5.13 Å². The second-order valence-electron chi connectivity index (χ2n) is 8.12. The van der Waals surface area contributed by atoms with Crippen LogP contribution in [0, 0.1) is 11.6 Å². The van der Waals surface area contributed by atoms with Gasteiger partial charge in [-0.1, -0.05) is 29.5 Å². The van der Waals surface area contributed by atoms with Crippen LogP contribution in [0.1, 0.15) is 24.2 Å². The average molecular weight is 494 g/mol. The van der Waals surface area contributed by atoms with E-state index >= 15 is 0 Å². The number of ether oxygens (including phenoxy) is 1. The van der Waals surface area contributed by atoms with Crippen molar-refractivity contribution in [2.75, 3.05) is 5.32 Å². The molecule has 0 aliphatic rings. The van der Waals surface area contributed by atoms with Gasteiger partial charge in [-0.2, -0.15) is 0 Å². The Morgan fingerprint density at radius 1 is 0.886 bits per heavy atom. The average Bonchev–Trinajstić information content (AvgIpc) is 3.23. The highest BCUT2D eigenvalue weighted by atomic mass is 32.1. The molecular weight excluding hydrogens is 472 g/mol. The number of carbonyl (C=O) groups excluding carboxylic acids is 2. The topological polar surface area (TPSA) is 80.3 Å². The summed E-state index contributed by atoms with van der Waals surface area (Å²) in [6.45, 7) is 3.15. The van der Waals surface area contributed by atoms with Crippen LogP contribution >= 0.6 is 11.3 Å². The number of nitrogens with zero attached hydrogens (tertiary/aromatic N) is 1. The second kappa shape index (κ2) is 10.0. The number of benzene rings is 3. The van der Waals surface area contributed by atoms with Gasteiger partial charge in [0.25, 0.3) is 11.8 Å². The van der Waals surface area contributed by atoms with Gasteiger partial charge in [0.1, 0.15) is 28.6 Å². The molecular formula is C26H21F2N3O3S. The Balaban J connectivity index is 1.57. The molecule has 6 nitrogen and oxygen atoms in total. The molecule has 9 heteroatoms. The van der Waals surface area contributed by atoms with Gasteiger partial charge in [-0.3, -0.25) is 14.9 Å². The van der Waals surface area contributed by atoms with Gasteiger partial charge >= 0.3 is 0 Å². The fourth-order valence-corrected chi connectivity index (χ4v) is 3.94. The zero-order chi connectivity index (χ0) is 25.0. The van der Waals surface area contributed by atoms with Crippen molar-refractivity contribution in [1.29, 1.82) is 0 Å². The molecule has 0 fully saturated rings. The summed E-state index contributed by atoms with van der Waals surface area (Å²) >= 11 is 1.05. The molecule has 0 unspecified atom stereocenters. The van der Waals surface area contributed by atoms with Crippen LogP contribution in [-0.2, 0) is 4.79 Å². The van der Waals surface area contributed by atoms with Crippen LogP contribution in [0.3, 0.4) is 0 Å². The Kier molecular flexibility index (Phi) is 6.88. The summed E-state index contributed by atoms with van der Waals surface area (Å²) in [7, 11) is 0. The predicted molar refractivity (Wildman–Crippen MR) is 131 cm³/mol. The normalized spacial score (nSPS) is 11.1. The lowest BCUT2D eigenvalue weighted by Gasteiger charge is -2.24. The second-order valence-corrected chi connectivity index (χ2v) is 9.08. The fourth-order valence-electron chi connectivity index (χ4n) is 3.08. The zero-order valence-corrected chi connectivity index (χ0v) is 19.7. The van der Waals surface area contributed by atoms with E-state index in [1.165, 1.54) is 48.5 Å². The van der Waals surface area contributed by atoms with Crippen molar-refractivity contribution in [3.05, 3.63) is 96.1 Å². The zero-order valence-electron chi connectivity index (χ0n) is 18.8. The summed E-state index contributed by atoms with van der Waals surface area (Å²) in [5.74, 6) is -1.33. The maximum atomic E-state index is 13.4. The Morgan fingerprint density at radius 3 is 2.11 bits per heavy atom. The minimum Gasteiger partial charge on any atom is -0.444 e. The number of hydrogen-bond acceptors (Lipinski definition) is 5. The summed E-state index contributed by atoms with van der Waals surface area (Å²) in [6, 6.07) is 19.7. The molecule has 0 saturated heterocycles. The summed E-state index contributed by atoms with van der Waals surface area (Å²) in [6.07, 6.45) is 0. The molecule has 2 N–H and O–H groups in total.